The van der Waals surface area contributed by atoms with Crippen molar-refractivity contribution in [2.75, 3.05) is 27.9 Å². The molecule has 23 heavy (non-hydrogen) atoms. The van der Waals surface area contributed by atoms with Crippen LogP contribution in [0.4, 0.5) is 0 Å². The van der Waals surface area contributed by atoms with Crippen LogP contribution in [0.3, 0.4) is 0 Å². The molecule has 128 valence electrons. The molecule has 2 rings (SSSR count). The van der Waals surface area contributed by atoms with Crippen LogP contribution in [0.1, 0.15) is 25.3 Å². The first kappa shape index (κ1) is 17.4. The molecule has 0 radical (unpaired) electrons. The van der Waals surface area contributed by atoms with Gasteiger partial charge in [0.1, 0.15) is 0 Å². The summed E-state index contributed by atoms with van der Waals surface area (Å²) >= 11 is 0. The number of hydrogen-bond acceptors (Lipinski definition) is 5. The fourth-order valence-corrected chi connectivity index (χ4v) is 2.92. The predicted octanol–water partition coefficient (Wildman–Crippen LogP) is 1.51. The highest BCUT2D eigenvalue weighted by atomic mass is 16.5. The molecule has 6 heteroatoms. The van der Waals surface area contributed by atoms with Gasteiger partial charge in [0.25, 0.3) is 0 Å². The van der Waals surface area contributed by atoms with Gasteiger partial charge in [-0.25, -0.2) is 0 Å². The number of hydrogen-bond donors (Lipinski definition) is 2. The van der Waals surface area contributed by atoms with E-state index >= 15 is 0 Å². The van der Waals surface area contributed by atoms with Crippen molar-refractivity contribution in [1.82, 2.24) is 10.6 Å². The molecular formula is C17H26N2O4. The number of nitrogens with one attached hydrogen (secondary N) is 2. The summed E-state index contributed by atoms with van der Waals surface area (Å²) in [5.41, 5.74) is 0.827. The van der Waals surface area contributed by atoms with Crippen LogP contribution in [0.2, 0.25) is 0 Å². The van der Waals surface area contributed by atoms with Gasteiger partial charge in [-0.15, -0.1) is 0 Å². The zero-order valence-corrected chi connectivity index (χ0v) is 14.3. The van der Waals surface area contributed by atoms with Crippen molar-refractivity contribution in [1.29, 1.82) is 0 Å². The van der Waals surface area contributed by atoms with Crippen LogP contribution in [-0.2, 0) is 11.2 Å². The molecule has 0 bridgehead atoms. The summed E-state index contributed by atoms with van der Waals surface area (Å²) < 4.78 is 15.9. The minimum atomic E-state index is -0.000164. The van der Waals surface area contributed by atoms with E-state index in [4.69, 9.17) is 14.2 Å². The number of ether oxygens (including phenoxy) is 3. The van der Waals surface area contributed by atoms with Crippen LogP contribution >= 0.6 is 0 Å². The van der Waals surface area contributed by atoms with Gasteiger partial charge in [-0.1, -0.05) is 0 Å². The number of carbonyl (C=O) groups excluding carboxylic acids is 1. The van der Waals surface area contributed by atoms with Crippen molar-refractivity contribution in [3.8, 4) is 17.2 Å². The van der Waals surface area contributed by atoms with Crippen LogP contribution in [0, 0.1) is 0 Å². The Kier molecular flexibility index (Phi) is 6.10. The highest BCUT2D eigenvalue weighted by molar-refractivity contribution is 5.79. The van der Waals surface area contributed by atoms with Crippen molar-refractivity contribution in [2.45, 2.75) is 38.3 Å². The largest absolute Gasteiger partial charge is 0.493 e. The first-order valence-corrected chi connectivity index (χ1v) is 7.90. The Morgan fingerprint density at radius 3 is 2.39 bits per heavy atom. The maximum atomic E-state index is 12.3. The summed E-state index contributed by atoms with van der Waals surface area (Å²) in [5.74, 6) is 1.65. The lowest BCUT2D eigenvalue weighted by molar-refractivity contribution is -0.121. The topological polar surface area (TPSA) is 68.8 Å². The summed E-state index contributed by atoms with van der Waals surface area (Å²) in [6.45, 7) is 3.12. The van der Waals surface area contributed by atoms with Gasteiger partial charge in [-0.05, 0) is 44.0 Å². The summed E-state index contributed by atoms with van der Waals surface area (Å²) in [6.07, 6.45) is 2.37. The van der Waals surface area contributed by atoms with Gasteiger partial charge in [0.15, 0.2) is 11.5 Å². The number of methoxy groups -OCH3 is 3. The molecule has 1 amide bonds. The van der Waals surface area contributed by atoms with E-state index in [1.165, 1.54) is 0 Å². The first-order valence-electron chi connectivity index (χ1n) is 7.90. The van der Waals surface area contributed by atoms with E-state index in [0.29, 0.717) is 23.3 Å². The van der Waals surface area contributed by atoms with Crippen molar-refractivity contribution < 1.29 is 19.0 Å². The van der Waals surface area contributed by atoms with Crippen molar-refractivity contribution in [3.63, 3.8) is 0 Å². The quantitative estimate of drug-likeness (QED) is 0.831. The molecule has 1 heterocycles. The molecule has 1 aliphatic rings. The van der Waals surface area contributed by atoms with E-state index in [1.807, 2.05) is 12.1 Å². The fraction of sp³-hybridized carbons (Fsp3) is 0.588. The van der Waals surface area contributed by atoms with E-state index in [0.717, 1.165) is 24.9 Å². The van der Waals surface area contributed by atoms with Gasteiger partial charge in [0.05, 0.1) is 27.8 Å². The number of rotatable bonds is 6. The smallest absolute Gasteiger partial charge is 0.224 e. The second-order valence-corrected chi connectivity index (χ2v) is 5.77. The van der Waals surface area contributed by atoms with Crippen LogP contribution in [0.15, 0.2) is 12.1 Å². The van der Waals surface area contributed by atoms with E-state index in [2.05, 4.69) is 17.6 Å². The fourth-order valence-electron chi connectivity index (χ4n) is 2.92. The summed E-state index contributed by atoms with van der Waals surface area (Å²) in [6, 6.07) is 4.10. The van der Waals surface area contributed by atoms with Crippen LogP contribution in [0.5, 0.6) is 17.2 Å². The standard InChI is InChI=1S/C17H26N2O4/c1-11-13(6-5-7-18-11)19-16(20)10-12-8-14(21-2)17(23-4)15(9-12)22-3/h8-9,11,13,18H,5-7,10H2,1-4H3,(H,19,20). The lowest BCUT2D eigenvalue weighted by Gasteiger charge is -2.30. The number of carbonyl (C=O) groups is 1. The Labute approximate surface area is 137 Å². The van der Waals surface area contributed by atoms with Gasteiger partial charge in [-0.2, -0.15) is 0 Å². The Hall–Kier alpha value is -1.95. The number of benzene rings is 1. The second-order valence-electron chi connectivity index (χ2n) is 5.77. The van der Waals surface area contributed by atoms with E-state index < -0.39 is 0 Å². The monoisotopic (exact) mass is 322 g/mol. The SMILES string of the molecule is COc1cc(CC(=O)NC2CCCNC2C)cc(OC)c1OC. The van der Waals surface area contributed by atoms with E-state index in [1.54, 1.807) is 21.3 Å². The summed E-state index contributed by atoms with van der Waals surface area (Å²) in [7, 11) is 4.69. The van der Waals surface area contributed by atoms with Gasteiger partial charge in [0.2, 0.25) is 11.7 Å². The predicted molar refractivity (Wildman–Crippen MR) is 88.4 cm³/mol. The lowest BCUT2D eigenvalue weighted by atomic mass is 9.99. The van der Waals surface area contributed by atoms with Crippen LogP contribution in [0.25, 0.3) is 0 Å². The molecule has 2 N–H and O–H groups in total. The second kappa shape index (κ2) is 8.06. The Balaban J connectivity index is 2.08. The molecule has 6 nitrogen and oxygen atoms in total. The maximum absolute atomic E-state index is 12.3. The zero-order chi connectivity index (χ0) is 16.8. The molecule has 0 saturated carbocycles. The van der Waals surface area contributed by atoms with Crippen LogP contribution in [-0.4, -0.2) is 45.9 Å². The molecule has 0 aromatic heterocycles. The molecule has 1 fully saturated rings. The number of piperidine rings is 1. The molecule has 1 aromatic carbocycles. The minimum absolute atomic E-state index is 0.000164. The third-order valence-electron chi connectivity index (χ3n) is 4.20. The molecule has 2 atom stereocenters. The van der Waals surface area contributed by atoms with Gasteiger partial charge >= 0.3 is 0 Å². The molecule has 2 unspecified atom stereocenters. The molecule has 1 aliphatic heterocycles. The Morgan fingerprint density at radius 2 is 1.87 bits per heavy atom. The maximum Gasteiger partial charge on any atom is 0.224 e. The van der Waals surface area contributed by atoms with Gasteiger partial charge < -0.3 is 24.8 Å². The molecule has 1 aromatic rings. The third kappa shape index (κ3) is 4.28. The first-order chi connectivity index (χ1) is 11.1. The third-order valence-corrected chi connectivity index (χ3v) is 4.20. The average molecular weight is 322 g/mol. The zero-order valence-electron chi connectivity index (χ0n) is 14.3. The summed E-state index contributed by atoms with van der Waals surface area (Å²) in [4.78, 5) is 12.3. The highest BCUT2D eigenvalue weighted by Gasteiger charge is 2.23. The van der Waals surface area contributed by atoms with Crippen LogP contribution < -0.4 is 24.8 Å². The molecule has 1 saturated heterocycles. The molecule has 0 spiro atoms. The van der Waals surface area contributed by atoms with Crippen molar-refractivity contribution in [2.24, 2.45) is 0 Å². The Bertz CT molecular complexity index is 522. The lowest BCUT2D eigenvalue weighted by Crippen LogP contribution is -2.52. The normalized spacial score (nSPS) is 20.7. The van der Waals surface area contributed by atoms with Crippen molar-refractivity contribution in [3.05, 3.63) is 17.7 Å². The summed E-state index contributed by atoms with van der Waals surface area (Å²) in [5, 5.41) is 6.49. The van der Waals surface area contributed by atoms with E-state index in [-0.39, 0.29) is 18.4 Å². The molecular weight excluding hydrogens is 296 g/mol. The van der Waals surface area contributed by atoms with Gasteiger partial charge in [0, 0.05) is 12.1 Å². The number of amides is 1. The Morgan fingerprint density at radius 1 is 1.22 bits per heavy atom. The van der Waals surface area contributed by atoms with E-state index in [9.17, 15) is 4.79 Å². The molecule has 0 aliphatic carbocycles. The van der Waals surface area contributed by atoms with Crippen molar-refractivity contribution >= 4 is 5.91 Å². The average Bonchev–Trinajstić information content (AvgIpc) is 2.55. The minimum Gasteiger partial charge on any atom is -0.493 e. The van der Waals surface area contributed by atoms with Gasteiger partial charge in [-0.3, -0.25) is 4.79 Å². The highest BCUT2D eigenvalue weighted by Crippen LogP contribution is 2.38.